The molecule has 5 nitrogen and oxygen atoms in total. The quantitative estimate of drug-likeness (QED) is 0.347. The largest absolute Gasteiger partial charge is 0.481 e. The number of carbonyl (C=O) groups excluding carboxylic acids is 1. The smallest absolute Gasteiger partial charge is 0.309 e. The Morgan fingerprint density at radius 3 is 2.21 bits per heavy atom. The second-order valence-electron chi connectivity index (χ2n) is 16.4. The zero-order valence-electron chi connectivity index (χ0n) is 26.8. The van der Waals surface area contributed by atoms with Crippen LogP contribution in [0.1, 0.15) is 105 Å². The molecule has 0 bridgehead atoms. The molecule has 0 unspecified atom stereocenters. The molecule has 4 fully saturated rings. The Balaban J connectivity index is 1.39. The van der Waals surface area contributed by atoms with E-state index >= 15 is 0 Å². The lowest BCUT2D eigenvalue weighted by atomic mass is 9.32. The molecule has 5 heteroatoms. The van der Waals surface area contributed by atoms with E-state index < -0.39 is 17.5 Å². The van der Waals surface area contributed by atoms with Crippen molar-refractivity contribution >= 4 is 18.0 Å². The summed E-state index contributed by atoms with van der Waals surface area (Å²) in [7, 11) is 0. The van der Waals surface area contributed by atoms with Gasteiger partial charge in [-0.25, -0.2) is 0 Å². The van der Waals surface area contributed by atoms with Gasteiger partial charge in [-0.1, -0.05) is 66.7 Å². The second-order valence-corrected chi connectivity index (χ2v) is 16.4. The zero-order valence-corrected chi connectivity index (χ0v) is 26.8. The molecule has 42 heavy (non-hydrogen) atoms. The minimum absolute atomic E-state index is 0.0478. The van der Waals surface area contributed by atoms with Crippen molar-refractivity contribution in [3.8, 4) is 5.75 Å². The Labute approximate surface area is 252 Å². The predicted octanol–water partition coefficient (Wildman–Crippen LogP) is 8.01. The number of ether oxygens (including phenoxy) is 1. The standard InChI is InChI=1S/C37H52O5/c1-22(2)25-14-17-37(32(40)41)19-18-34(5)26(31(25)37)12-13-29-35(34,6)16-15-28-33(3,4)27(20-30(39)36(28,29)7)23-8-10-24(11-9-23)42-21-38/h8-11,20-22,25-26,28-31,39H,12-19H2,1-7H3,(H,40,41)/t25-,26+,28-,29-,30+,31+,34+,35+,36-,37-/m0/s1. The Bertz CT molecular complexity index is 1280. The molecule has 0 aliphatic heterocycles. The molecular formula is C37H52O5. The van der Waals surface area contributed by atoms with Gasteiger partial charge in [0.2, 0.25) is 0 Å². The highest BCUT2D eigenvalue weighted by molar-refractivity contribution is 5.76. The van der Waals surface area contributed by atoms with E-state index in [2.05, 4.69) is 54.5 Å². The van der Waals surface area contributed by atoms with Gasteiger partial charge in [-0.15, -0.1) is 0 Å². The van der Waals surface area contributed by atoms with Gasteiger partial charge < -0.3 is 14.9 Å². The molecule has 0 aromatic heterocycles. The lowest BCUT2D eigenvalue weighted by Gasteiger charge is -2.72. The van der Waals surface area contributed by atoms with Gasteiger partial charge in [-0.3, -0.25) is 9.59 Å². The Kier molecular flexibility index (Phi) is 6.89. The SMILES string of the molecule is CC(C)[C@@H]1CC[C@]2(C(=O)O)CC[C@]3(C)[C@H](CC[C@@H]4[C@@]5(C)[C@H](O)C=C(c6ccc(OC=O)cc6)C(C)(C)[C@@H]5CC[C@]43C)[C@@H]12. The molecule has 4 saturated carbocycles. The van der Waals surface area contributed by atoms with Gasteiger partial charge in [0.1, 0.15) is 5.75 Å². The fourth-order valence-electron chi connectivity index (χ4n) is 12.6. The highest BCUT2D eigenvalue weighted by Crippen LogP contribution is 2.77. The predicted molar refractivity (Wildman–Crippen MR) is 165 cm³/mol. The number of hydrogen-bond donors (Lipinski definition) is 2. The average Bonchev–Trinajstić information content (AvgIpc) is 3.34. The van der Waals surface area contributed by atoms with E-state index in [0.717, 1.165) is 56.9 Å². The molecule has 0 radical (unpaired) electrons. The molecule has 2 N–H and O–H groups in total. The molecule has 6 rings (SSSR count). The first kappa shape index (κ1) is 29.9. The Morgan fingerprint density at radius 1 is 0.905 bits per heavy atom. The third kappa shape index (κ3) is 3.70. The summed E-state index contributed by atoms with van der Waals surface area (Å²) in [4.78, 5) is 23.8. The number of aliphatic hydroxyl groups excluding tert-OH is 1. The van der Waals surface area contributed by atoms with Gasteiger partial charge in [-0.2, -0.15) is 0 Å². The van der Waals surface area contributed by atoms with Crippen molar-refractivity contribution in [1.82, 2.24) is 0 Å². The van der Waals surface area contributed by atoms with Gasteiger partial charge in [0.25, 0.3) is 6.47 Å². The summed E-state index contributed by atoms with van der Waals surface area (Å²) >= 11 is 0. The Morgan fingerprint density at radius 2 is 1.60 bits per heavy atom. The molecule has 5 aliphatic carbocycles. The summed E-state index contributed by atoms with van der Waals surface area (Å²) in [5.41, 5.74) is 1.40. The van der Waals surface area contributed by atoms with E-state index in [9.17, 15) is 19.8 Å². The zero-order chi connectivity index (χ0) is 30.5. The number of carbonyl (C=O) groups is 2. The van der Waals surface area contributed by atoms with Crippen molar-refractivity contribution in [2.45, 2.75) is 106 Å². The van der Waals surface area contributed by atoms with Crippen LogP contribution in [0.5, 0.6) is 5.75 Å². The van der Waals surface area contributed by atoms with Crippen LogP contribution in [0.2, 0.25) is 0 Å². The number of benzene rings is 1. The number of allylic oxidation sites excluding steroid dienone is 1. The first-order chi connectivity index (χ1) is 19.7. The van der Waals surface area contributed by atoms with Crippen LogP contribution in [0.3, 0.4) is 0 Å². The highest BCUT2D eigenvalue weighted by Gasteiger charge is 2.72. The van der Waals surface area contributed by atoms with Gasteiger partial charge in [0, 0.05) is 5.41 Å². The Hall–Kier alpha value is -2.14. The van der Waals surface area contributed by atoms with E-state index in [1.807, 2.05) is 24.3 Å². The van der Waals surface area contributed by atoms with Crippen molar-refractivity contribution in [2.24, 2.45) is 62.6 Å². The van der Waals surface area contributed by atoms with Gasteiger partial charge in [0.15, 0.2) is 0 Å². The van der Waals surface area contributed by atoms with Crippen LogP contribution in [0.25, 0.3) is 5.57 Å². The molecule has 10 atom stereocenters. The summed E-state index contributed by atoms with van der Waals surface area (Å²) in [5.74, 6) is 2.32. The minimum Gasteiger partial charge on any atom is -0.481 e. The summed E-state index contributed by atoms with van der Waals surface area (Å²) in [6.07, 6.45) is 9.56. The van der Waals surface area contributed by atoms with Crippen LogP contribution in [0, 0.1) is 62.6 Å². The molecule has 230 valence electrons. The number of hydrogen-bond acceptors (Lipinski definition) is 4. The third-order valence-corrected chi connectivity index (χ3v) is 14.8. The fraction of sp³-hybridized carbons (Fsp3) is 0.730. The number of carboxylic acids is 1. The minimum atomic E-state index is -0.558. The average molecular weight is 577 g/mol. The van der Waals surface area contributed by atoms with E-state index in [0.29, 0.717) is 41.8 Å². The number of carboxylic acid groups (broad SMARTS) is 1. The van der Waals surface area contributed by atoms with Crippen LogP contribution < -0.4 is 4.74 Å². The fourth-order valence-corrected chi connectivity index (χ4v) is 12.6. The van der Waals surface area contributed by atoms with E-state index in [-0.39, 0.29) is 27.6 Å². The normalized spacial score (nSPS) is 45.6. The second kappa shape index (κ2) is 9.68. The van der Waals surface area contributed by atoms with E-state index in [4.69, 9.17) is 4.74 Å². The molecule has 1 aromatic carbocycles. The topological polar surface area (TPSA) is 83.8 Å². The third-order valence-electron chi connectivity index (χ3n) is 14.8. The number of aliphatic carboxylic acids is 1. The number of fused-ring (bicyclic) bond motifs is 7. The van der Waals surface area contributed by atoms with Crippen molar-refractivity contribution in [1.29, 1.82) is 0 Å². The molecule has 5 aliphatic rings. The van der Waals surface area contributed by atoms with Gasteiger partial charge >= 0.3 is 5.97 Å². The van der Waals surface area contributed by atoms with Crippen LogP contribution in [0.15, 0.2) is 30.3 Å². The maximum atomic E-state index is 13.0. The number of aliphatic hydroxyl groups is 1. The summed E-state index contributed by atoms with van der Waals surface area (Å²) in [5, 5.41) is 22.8. The van der Waals surface area contributed by atoms with Crippen molar-refractivity contribution in [3.05, 3.63) is 35.9 Å². The molecule has 1 aromatic rings. The lowest BCUT2D eigenvalue weighted by molar-refractivity contribution is -0.244. The van der Waals surface area contributed by atoms with Gasteiger partial charge in [-0.05, 0) is 126 Å². The van der Waals surface area contributed by atoms with E-state index in [1.165, 1.54) is 5.57 Å². The maximum Gasteiger partial charge on any atom is 0.309 e. The number of rotatable bonds is 5. The van der Waals surface area contributed by atoms with Gasteiger partial charge in [0.05, 0.1) is 11.5 Å². The maximum absolute atomic E-state index is 13.0. The summed E-state index contributed by atoms with van der Waals surface area (Å²) in [6, 6.07) is 7.66. The summed E-state index contributed by atoms with van der Waals surface area (Å²) in [6.45, 7) is 17.2. The monoisotopic (exact) mass is 576 g/mol. The van der Waals surface area contributed by atoms with E-state index in [1.54, 1.807) is 0 Å². The highest BCUT2D eigenvalue weighted by atomic mass is 16.5. The molecule has 0 amide bonds. The molecular weight excluding hydrogens is 524 g/mol. The van der Waals surface area contributed by atoms with Crippen molar-refractivity contribution in [3.63, 3.8) is 0 Å². The van der Waals surface area contributed by atoms with Crippen LogP contribution in [-0.4, -0.2) is 28.8 Å². The first-order valence-electron chi connectivity index (χ1n) is 16.5. The molecule has 0 heterocycles. The van der Waals surface area contributed by atoms with Crippen molar-refractivity contribution < 1.29 is 24.5 Å². The summed E-state index contributed by atoms with van der Waals surface area (Å²) < 4.78 is 5.03. The molecule has 0 saturated heterocycles. The lowest BCUT2D eigenvalue weighted by Crippen LogP contribution is -2.68. The molecule has 0 spiro atoms. The van der Waals surface area contributed by atoms with Crippen LogP contribution >= 0.6 is 0 Å². The first-order valence-corrected chi connectivity index (χ1v) is 16.5. The van der Waals surface area contributed by atoms with Crippen LogP contribution in [0.4, 0.5) is 0 Å². The van der Waals surface area contributed by atoms with Crippen LogP contribution in [-0.2, 0) is 9.59 Å². The van der Waals surface area contributed by atoms with Crippen molar-refractivity contribution in [2.75, 3.05) is 0 Å².